The van der Waals surface area contributed by atoms with Crippen LogP contribution in [-0.4, -0.2) is 31.7 Å². The molecule has 19 heavy (non-hydrogen) atoms. The van der Waals surface area contributed by atoms with E-state index >= 15 is 0 Å². The molecule has 102 valence electrons. The molecule has 2 aromatic rings. The third kappa shape index (κ3) is 2.64. The first kappa shape index (κ1) is 12.6. The first-order chi connectivity index (χ1) is 9.15. The normalized spacial score (nSPS) is 20.7. The quantitative estimate of drug-likeness (QED) is 0.927. The summed E-state index contributed by atoms with van der Waals surface area (Å²) in [4.78, 5) is 4.07. The van der Waals surface area contributed by atoms with Crippen molar-refractivity contribution in [1.82, 2.24) is 10.3 Å². The van der Waals surface area contributed by atoms with Crippen molar-refractivity contribution in [1.29, 1.82) is 0 Å². The predicted octanol–water partition coefficient (Wildman–Crippen LogP) is 1.74. The summed E-state index contributed by atoms with van der Waals surface area (Å²) in [5.41, 5.74) is 1.09. The number of nitrogens with zero attached hydrogens (tertiary/aromatic N) is 1. The van der Waals surface area contributed by atoms with Gasteiger partial charge in [0.05, 0.1) is 5.75 Å². The van der Waals surface area contributed by atoms with Crippen molar-refractivity contribution >= 4 is 20.9 Å². The maximum absolute atomic E-state index is 12.3. The van der Waals surface area contributed by atoms with Gasteiger partial charge in [0.25, 0.3) is 0 Å². The number of hydrogen-bond acceptors (Lipinski definition) is 5. The van der Waals surface area contributed by atoms with Crippen molar-refractivity contribution in [2.24, 2.45) is 0 Å². The van der Waals surface area contributed by atoms with Crippen molar-refractivity contribution in [2.75, 3.05) is 12.3 Å². The molecule has 0 unspecified atom stereocenters. The Morgan fingerprint density at radius 2 is 2.16 bits per heavy atom. The number of hydrogen-bond donors (Lipinski definition) is 1. The average molecular weight is 280 g/mol. The molecule has 1 N–H and O–H groups in total. The van der Waals surface area contributed by atoms with Gasteiger partial charge in [-0.15, -0.1) is 0 Å². The fraction of sp³-hybridized carbons (Fsp3) is 0.462. The Hall–Kier alpha value is -1.40. The largest absolute Gasteiger partial charge is 0.428 e. The third-order valence-corrected chi connectivity index (χ3v) is 4.92. The van der Waals surface area contributed by atoms with Crippen molar-refractivity contribution in [3.63, 3.8) is 0 Å². The van der Waals surface area contributed by atoms with E-state index in [-0.39, 0.29) is 17.0 Å². The molecule has 1 aliphatic rings. The van der Waals surface area contributed by atoms with Crippen LogP contribution < -0.4 is 5.32 Å². The molecule has 1 aromatic heterocycles. The molecule has 0 spiro atoms. The molecule has 1 atom stereocenters. The van der Waals surface area contributed by atoms with Crippen LogP contribution in [0.2, 0.25) is 0 Å². The summed E-state index contributed by atoms with van der Waals surface area (Å²) in [5.74, 6) is 0.0554. The molecule has 1 fully saturated rings. The zero-order chi connectivity index (χ0) is 13.3. The molecule has 0 saturated carbocycles. The zero-order valence-electron chi connectivity index (χ0n) is 10.5. The molecular formula is C13H16N2O3S. The molecule has 6 heteroatoms. The summed E-state index contributed by atoms with van der Waals surface area (Å²) in [6, 6.07) is 7.08. The Labute approximate surface area is 111 Å². The number of para-hydroxylation sites is 2. The lowest BCUT2D eigenvalue weighted by molar-refractivity contribution is 0.414. The smallest absolute Gasteiger partial charge is 0.316 e. The van der Waals surface area contributed by atoms with Gasteiger partial charge in [0.15, 0.2) is 5.58 Å². The molecule has 3 rings (SSSR count). The summed E-state index contributed by atoms with van der Waals surface area (Å²) in [6.07, 6.45) is 3.07. The molecule has 0 aliphatic carbocycles. The highest BCUT2D eigenvalue weighted by molar-refractivity contribution is 7.91. The van der Waals surface area contributed by atoms with Crippen LogP contribution >= 0.6 is 0 Å². The molecule has 2 heterocycles. The van der Waals surface area contributed by atoms with Crippen LogP contribution in [0, 0.1) is 0 Å². The van der Waals surface area contributed by atoms with E-state index in [1.165, 1.54) is 0 Å². The van der Waals surface area contributed by atoms with Gasteiger partial charge in [0.1, 0.15) is 5.52 Å². The van der Waals surface area contributed by atoms with Gasteiger partial charge < -0.3 is 9.73 Å². The Kier molecular flexibility index (Phi) is 3.28. The van der Waals surface area contributed by atoms with Crippen LogP contribution in [0.5, 0.6) is 0 Å². The second kappa shape index (κ2) is 4.94. The van der Waals surface area contributed by atoms with Gasteiger partial charge in [0, 0.05) is 6.04 Å². The van der Waals surface area contributed by atoms with Gasteiger partial charge in [-0.25, -0.2) is 8.42 Å². The number of sulfone groups is 1. The van der Waals surface area contributed by atoms with Crippen LogP contribution in [0.25, 0.3) is 11.1 Å². The lowest BCUT2D eigenvalue weighted by atomic mass is 10.1. The van der Waals surface area contributed by atoms with Crippen molar-refractivity contribution in [2.45, 2.75) is 30.5 Å². The summed E-state index contributed by atoms with van der Waals surface area (Å²) in [6.45, 7) is 0.883. The van der Waals surface area contributed by atoms with Gasteiger partial charge in [-0.1, -0.05) is 18.6 Å². The Bertz CT molecular complexity index is 639. The highest BCUT2D eigenvalue weighted by Gasteiger charge is 2.27. The highest BCUT2D eigenvalue weighted by Crippen LogP contribution is 2.20. The molecular weight excluding hydrogens is 264 g/mol. The number of oxazole rings is 1. The first-order valence-corrected chi connectivity index (χ1v) is 8.12. The molecule has 1 aromatic carbocycles. The van der Waals surface area contributed by atoms with E-state index in [0.717, 1.165) is 25.8 Å². The minimum Gasteiger partial charge on any atom is -0.428 e. The van der Waals surface area contributed by atoms with Crippen LogP contribution in [0.15, 0.2) is 33.9 Å². The maximum atomic E-state index is 12.3. The number of fused-ring (bicyclic) bond motifs is 1. The van der Waals surface area contributed by atoms with Gasteiger partial charge in [-0.2, -0.15) is 4.98 Å². The van der Waals surface area contributed by atoms with Crippen molar-refractivity contribution < 1.29 is 12.8 Å². The van der Waals surface area contributed by atoms with E-state index < -0.39 is 9.84 Å². The second-order valence-electron chi connectivity index (χ2n) is 4.88. The monoisotopic (exact) mass is 280 g/mol. The van der Waals surface area contributed by atoms with Crippen LogP contribution in [0.4, 0.5) is 0 Å². The lowest BCUT2D eigenvalue weighted by Crippen LogP contribution is -2.39. The van der Waals surface area contributed by atoms with Gasteiger partial charge in [0.2, 0.25) is 9.84 Å². The summed E-state index contributed by atoms with van der Waals surface area (Å²) < 4.78 is 29.9. The van der Waals surface area contributed by atoms with Gasteiger partial charge in [-0.3, -0.25) is 0 Å². The Balaban J connectivity index is 1.86. The molecule has 1 saturated heterocycles. The van der Waals surface area contributed by atoms with E-state index in [2.05, 4.69) is 10.3 Å². The Morgan fingerprint density at radius 3 is 2.89 bits per heavy atom. The zero-order valence-corrected chi connectivity index (χ0v) is 11.3. The van der Waals surface area contributed by atoms with E-state index in [9.17, 15) is 8.42 Å². The average Bonchev–Trinajstić information content (AvgIpc) is 2.84. The highest BCUT2D eigenvalue weighted by atomic mass is 32.2. The van der Waals surface area contributed by atoms with Gasteiger partial charge in [-0.05, 0) is 31.5 Å². The number of rotatable bonds is 3. The molecule has 5 nitrogen and oxygen atoms in total. The van der Waals surface area contributed by atoms with E-state index in [4.69, 9.17) is 4.42 Å². The summed E-state index contributed by atoms with van der Waals surface area (Å²) in [7, 11) is -3.46. The Morgan fingerprint density at radius 1 is 1.32 bits per heavy atom. The third-order valence-electron chi connectivity index (χ3n) is 3.37. The van der Waals surface area contributed by atoms with Crippen LogP contribution in [-0.2, 0) is 9.84 Å². The van der Waals surface area contributed by atoms with Crippen LogP contribution in [0.1, 0.15) is 19.3 Å². The number of piperidine rings is 1. The fourth-order valence-corrected chi connectivity index (χ4v) is 3.80. The number of nitrogens with one attached hydrogen (secondary N) is 1. The van der Waals surface area contributed by atoms with E-state index in [0.29, 0.717) is 11.1 Å². The summed E-state index contributed by atoms with van der Waals surface area (Å²) >= 11 is 0. The van der Waals surface area contributed by atoms with E-state index in [1.54, 1.807) is 18.2 Å². The van der Waals surface area contributed by atoms with Crippen LogP contribution in [0.3, 0.4) is 0 Å². The second-order valence-corrected chi connectivity index (χ2v) is 6.79. The molecule has 0 radical (unpaired) electrons. The molecule has 0 amide bonds. The fourth-order valence-electron chi connectivity index (χ4n) is 2.39. The minimum atomic E-state index is -3.46. The van der Waals surface area contributed by atoms with Crippen molar-refractivity contribution in [3.8, 4) is 0 Å². The molecule has 1 aliphatic heterocycles. The number of benzene rings is 1. The van der Waals surface area contributed by atoms with E-state index in [1.807, 2.05) is 6.07 Å². The topological polar surface area (TPSA) is 72.2 Å². The standard InChI is InChI=1S/C13H16N2O3S/c16-19(17,9-10-5-3-4-8-14-10)13-15-11-6-1-2-7-12(11)18-13/h1-2,6-7,10,14H,3-5,8-9H2/t10-/m0/s1. The lowest BCUT2D eigenvalue weighted by Gasteiger charge is -2.22. The molecule has 0 bridgehead atoms. The number of aromatic nitrogens is 1. The van der Waals surface area contributed by atoms with Gasteiger partial charge >= 0.3 is 5.22 Å². The SMILES string of the molecule is O=S(=O)(C[C@@H]1CCCCN1)c1nc2ccccc2o1. The maximum Gasteiger partial charge on any atom is 0.316 e. The van der Waals surface area contributed by atoms with Crippen molar-refractivity contribution in [3.05, 3.63) is 24.3 Å². The summed E-state index contributed by atoms with van der Waals surface area (Å²) in [5, 5.41) is 3.06. The first-order valence-electron chi connectivity index (χ1n) is 6.47. The predicted molar refractivity (Wildman–Crippen MR) is 71.7 cm³/mol. The minimum absolute atomic E-state index is 0.00811.